The van der Waals surface area contributed by atoms with Crippen LogP contribution in [0.25, 0.3) is 0 Å². The van der Waals surface area contributed by atoms with Crippen LogP contribution in [0.5, 0.6) is 0 Å². The second kappa shape index (κ2) is 6.26. The molecule has 1 saturated heterocycles. The number of thioether (sulfide) groups is 1. The van der Waals surface area contributed by atoms with E-state index < -0.39 is 0 Å². The molecule has 17 heavy (non-hydrogen) atoms. The Morgan fingerprint density at radius 3 is 3.00 bits per heavy atom. The standard InChI is InChI=1S/C14H23NS2/c1-3-15-13(14(2)9-5-11-17-14)8-7-12-6-4-10-16-12/h4,6,10,13,15H,3,5,7-9,11H2,1-2H3. The molecular weight excluding hydrogens is 246 g/mol. The number of hydrogen-bond donors (Lipinski definition) is 1. The zero-order chi connectivity index (χ0) is 12.1. The van der Waals surface area contributed by atoms with Gasteiger partial charge in [0.05, 0.1) is 0 Å². The summed E-state index contributed by atoms with van der Waals surface area (Å²) in [5.74, 6) is 1.34. The van der Waals surface area contributed by atoms with Crippen molar-refractivity contribution in [2.75, 3.05) is 12.3 Å². The molecule has 3 heteroatoms. The molecule has 1 fully saturated rings. The van der Waals surface area contributed by atoms with E-state index in [4.69, 9.17) is 0 Å². The number of thiophene rings is 1. The second-order valence-corrected chi connectivity index (χ2v) is 7.65. The van der Waals surface area contributed by atoms with Gasteiger partial charge in [0.2, 0.25) is 0 Å². The van der Waals surface area contributed by atoms with Gasteiger partial charge in [-0.15, -0.1) is 11.3 Å². The Morgan fingerprint density at radius 1 is 1.53 bits per heavy atom. The molecule has 2 unspecified atom stereocenters. The van der Waals surface area contributed by atoms with Gasteiger partial charge in [0, 0.05) is 15.7 Å². The molecule has 2 heterocycles. The minimum Gasteiger partial charge on any atom is -0.313 e. The highest BCUT2D eigenvalue weighted by atomic mass is 32.2. The van der Waals surface area contributed by atoms with Gasteiger partial charge in [0.15, 0.2) is 0 Å². The van der Waals surface area contributed by atoms with Crippen LogP contribution < -0.4 is 5.32 Å². The maximum absolute atomic E-state index is 3.71. The third-order valence-corrected chi connectivity index (χ3v) is 6.27. The summed E-state index contributed by atoms with van der Waals surface area (Å²) in [5, 5.41) is 5.90. The van der Waals surface area contributed by atoms with E-state index >= 15 is 0 Å². The van der Waals surface area contributed by atoms with Gasteiger partial charge in [0.1, 0.15) is 0 Å². The first kappa shape index (κ1) is 13.4. The molecule has 1 aromatic rings. The Morgan fingerprint density at radius 2 is 2.41 bits per heavy atom. The van der Waals surface area contributed by atoms with E-state index in [2.05, 4.69) is 48.4 Å². The van der Waals surface area contributed by atoms with Crippen molar-refractivity contribution < 1.29 is 0 Å². The summed E-state index contributed by atoms with van der Waals surface area (Å²) in [5.41, 5.74) is 0. The molecule has 0 bridgehead atoms. The van der Waals surface area contributed by atoms with Crippen LogP contribution in [-0.4, -0.2) is 23.1 Å². The number of nitrogens with one attached hydrogen (secondary N) is 1. The Balaban J connectivity index is 1.92. The zero-order valence-corrected chi connectivity index (χ0v) is 12.5. The quantitative estimate of drug-likeness (QED) is 0.839. The smallest absolute Gasteiger partial charge is 0.0285 e. The van der Waals surface area contributed by atoms with Gasteiger partial charge in [-0.2, -0.15) is 11.8 Å². The van der Waals surface area contributed by atoms with Crippen molar-refractivity contribution in [1.29, 1.82) is 0 Å². The molecule has 0 radical (unpaired) electrons. The topological polar surface area (TPSA) is 12.0 Å². The summed E-state index contributed by atoms with van der Waals surface area (Å²) in [6, 6.07) is 5.09. The van der Waals surface area contributed by atoms with E-state index in [0.717, 1.165) is 6.54 Å². The molecule has 1 N–H and O–H groups in total. The summed E-state index contributed by atoms with van der Waals surface area (Å²) in [7, 11) is 0. The third kappa shape index (κ3) is 3.49. The minimum absolute atomic E-state index is 0.466. The summed E-state index contributed by atoms with van der Waals surface area (Å²) in [6.07, 6.45) is 5.27. The van der Waals surface area contributed by atoms with Crippen molar-refractivity contribution >= 4 is 23.1 Å². The first-order valence-electron chi connectivity index (χ1n) is 6.64. The van der Waals surface area contributed by atoms with Crippen molar-refractivity contribution in [2.45, 2.75) is 50.3 Å². The Hall–Kier alpha value is 0.01000. The van der Waals surface area contributed by atoms with E-state index in [1.165, 1.54) is 36.3 Å². The molecule has 1 nitrogen and oxygen atoms in total. The molecule has 0 aliphatic carbocycles. The fourth-order valence-corrected chi connectivity index (χ4v) is 4.86. The first-order chi connectivity index (χ1) is 8.24. The van der Waals surface area contributed by atoms with Crippen molar-refractivity contribution in [1.82, 2.24) is 5.32 Å². The number of aryl methyl sites for hydroxylation is 1. The molecule has 0 spiro atoms. The number of hydrogen-bond acceptors (Lipinski definition) is 3. The molecule has 1 aliphatic heterocycles. The predicted octanol–water partition coefficient (Wildman–Crippen LogP) is 3.94. The lowest BCUT2D eigenvalue weighted by Crippen LogP contribution is -2.45. The predicted molar refractivity (Wildman–Crippen MR) is 80.2 cm³/mol. The highest BCUT2D eigenvalue weighted by Crippen LogP contribution is 2.41. The molecule has 1 aromatic heterocycles. The molecule has 2 rings (SSSR count). The SMILES string of the molecule is CCNC(CCc1cccs1)C1(C)CCCS1. The third-order valence-electron chi connectivity index (χ3n) is 3.70. The zero-order valence-electron chi connectivity index (χ0n) is 10.9. The monoisotopic (exact) mass is 269 g/mol. The van der Waals surface area contributed by atoms with Gasteiger partial charge in [-0.1, -0.05) is 13.0 Å². The maximum Gasteiger partial charge on any atom is 0.0285 e. The fourth-order valence-electron chi connectivity index (χ4n) is 2.69. The van der Waals surface area contributed by atoms with E-state index in [1.807, 2.05) is 11.3 Å². The van der Waals surface area contributed by atoms with Crippen LogP contribution in [0.15, 0.2) is 17.5 Å². The normalized spacial score (nSPS) is 26.2. The maximum atomic E-state index is 3.71. The minimum atomic E-state index is 0.466. The Bertz CT molecular complexity index is 315. The van der Waals surface area contributed by atoms with Crippen LogP contribution in [0.2, 0.25) is 0 Å². The molecule has 0 amide bonds. The van der Waals surface area contributed by atoms with E-state index in [0.29, 0.717) is 10.8 Å². The van der Waals surface area contributed by atoms with Crippen LogP contribution in [0.1, 0.15) is 38.0 Å². The molecule has 96 valence electrons. The highest BCUT2D eigenvalue weighted by molar-refractivity contribution is 8.00. The van der Waals surface area contributed by atoms with E-state index in [-0.39, 0.29) is 0 Å². The lowest BCUT2D eigenvalue weighted by Gasteiger charge is -2.34. The largest absolute Gasteiger partial charge is 0.313 e. The van der Waals surface area contributed by atoms with Gasteiger partial charge in [0.25, 0.3) is 0 Å². The van der Waals surface area contributed by atoms with Crippen molar-refractivity contribution in [2.24, 2.45) is 0 Å². The van der Waals surface area contributed by atoms with Crippen molar-refractivity contribution in [3.8, 4) is 0 Å². The van der Waals surface area contributed by atoms with Gasteiger partial charge in [-0.05, 0) is 56.4 Å². The summed E-state index contributed by atoms with van der Waals surface area (Å²) >= 11 is 4.06. The van der Waals surface area contributed by atoms with Gasteiger partial charge in [-0.3, -0.25) is 0 Å². The average Bonchev–Trinajstić information content (AvgIpc) is 2.96. The molecule has 2 atom stereocenters. The average molecular weight is 269 g/mol. The molecular formula is C14H23NS2. The lowest BCUT2D eigenvalue weighted by molar-refractivity contribution is 0.388. The molecule has 0 aromatic carbocycles. The summed E-state index contributed by atoms with van der Waals surface area (Å²) < 4.78 is 0.466. The first-order valence-corrected chi connectivity index (χ1v) is 8.51. The molecule has 0 saturated carbocycles. The second-order valence-electron chi connectivity index (χ2n) is 4.99. The highest BCUT2D eigenvalue weighted by Gasteiger charge is 2.36. The fraction of sp³-hybridized carbons (Fsp3) is 0.714. The molecule has 1 aliphatic rings. The van der Waals surface area contributed by atoms with Crippen molar-refractivity contribution in [3.05, 3.63) is 22.4 Å². The Kier molecular flexibility index (Phi) is 4.95. The lowest BCUT2D eigenvalue weighted by atomic mass is 9.92. The van der Waals surface area contributed by atoms with E-state index in [1.54, 1.807) is 0 Å². The van der Waals surface area contributed by atoms with Crippen LogP contribution in [0.3, 0.4) is 0 Å². The summed E-state index contributed by atoms with van der Waals surface area (Å²) in [6.45, 7) is 5.76. The number of rotatable bonds is 6. The van der Waals surface area contributed by atoms with Crippen LogP contribution >= 0.6 is 23.1 Å². The Labute approximate surface area is 113 Å². The van der Waals surface area contributed by atoms with E-state index in [9.17, 15) is 0 Å². The van der Waals surface area contributed by atoms with Gasteiger partial charge < -0.3 is 5.32 Å². The van der Waals surface area contributed by atoms with Gasteiger partial charge >= 0.3 is 0 Å². The van der Waals surface area contributed by atoms with Gasteiger partial charge in [-0.25, -0.2) is 0 Å². The summed E-state index contributed by atoms with van der Waals surface area (Å²) in [4.78, 5) is 1.53. The van der Waals surface area contributed by atoms with Crippen LogP contribution in [0, 0.1) is 0 Å². The van der Waals surface area contributed by atoms with Crippen LogP contribution in [-0.2, 0) is 6.42 Å². The van der Waals surface area contributed by atoms with Crippen molar-refractivity contribution in [3.63, 3.8) is 0 Å². The van der Waals surface area contributed by atoms with Crippen LogP contribution in [0.4, 0.5) is 0 Å².